The van der Waals surface area contributed by atoms with Crippen molar-refractivity contribution in [3.8, 4) is 0 Å². The number of carbonyl (C=O) groups excluding carboxylic acids is 1. The van der Waals surface area contributed by atoms with Gasteiger partial charge in [-0.1, -0.05) is 28.4 Å². The van der Waals surface area contributed by atoms with Crippen LogP contribution in [-0.2, 0) is 20.0 Å². The summed E-state index contributed by atoms with van der Waals surface area (Å²) in [5.74, 6) is -0.750. The molecule has 0 fully saturated rings. The largest absolute Gasteiger partial charge is 0.398 e. The first-order valence-electron chi connectivity index (χ1n) is 12.9. The molecule has 0 saturated carbocycles. The molecule has 19 heteroatoms. The number of amides is 1. The molecule has 236 valence electrons. The third-order valence-corrected chi connectivity index (χ3v) is 9.17. The van der Waals surface area contributed by atoms with Gasteiger partial charge in [0.25, 0.3) is 25.7 Å². The highest BCUT2D eigenvalue weighted by atomic mass is 32.2. The summed E-state index contributed by atoms with van der Waals surface area (Å²) < 4.78 is 57.0. The number of nitrogens with one attached hydrogen (secondary N) is 4. The Morgan fingerprint density at radius 1 is 0.739 bits per heavy atom. The molecule has 17 nitrogen and oxygen atoms in total. The van der Waals surface area contributed by atoms with Gasteiger partial charge in [0.15, 0.2) is 0 Å². The van der Waals surface area contributed by atoms with Crippen LogP contribution >= 0.6 is 0 Å². The number of fused-ring (bicyclic) bond motifs is 1. The van der Waals surface area contributed by atoms with E-state index in [1.54, 1.807) is 12.1 Å². The Kier molecular flexibility index (Phi) is 8.27. The fourth-order valence-electron chi connectivity index (χ4n) is 4.17. The number of hydrogen-bond donors (Lipinski definition) is 4. The van der Waals surface area contributed by atoms with E-state index >= 15 is 0 Å². The monoisotopic (exact) mass is 666 g/mol. The quantitative estimate of drug-likeness (QED) is 0.121. The van der Waals surface area contributed by atoms with E-state index in [2.05, 4.69) is 25.4 Å². The first-order chi connectivity index (χ1) is 21.7. The molecule has 1 heterocycles. The average molecular weight is 667 g/mol. The number of benzene rings is 4. The molecule has 4 aromatic carbocycles. The van der Waals surface area contributed by atoms with E-state index in [0.717, 1.165) is 23.8 Å². The van der Waals surface area contributed by atoms with Crippen molar-refractivity contribution < 1.29 is 31.5 Å². The Bertz CT molecular complexity index is 2220. The van der Waals surface area contributed by atoms with Crippen LogP contribution in [0.4, 0.5) is 33.4 Å². The van der Waals surface area contributed by atoms with Crippen LogP contribution in [0.5, 0.6) is 0 Å². The number of aromatic nitrogens is 2. The maximum Gasteiger partial charge on any atom is 0.398 e. The van der Waals surface area contributed by atoms with E-state index in [0.29, 0.717) is 4.68 Å². The Morgan fingerprint density at radius 3 is 2.02 bits per heavy atom. The molecule has 0 saturated heterocycles. The molecule has 0 spiro atoms. The number of nitro benzene ring substituents is 1. The second kappa shape index (κ2) is 12.1. The lowest BCUT2D eigenvalue weighted by Gasteiger charge is -2.12. The molecule has 0 atom stereocenters. The summed E-state index contributed by atoms with van der Waals surface area (Å²) in [6, 6.07) is 19.2. The molecule has 0 bridgehead atoms. The third kappa shape index (κ3) is 6.69. The summed E-state index contributed by atoms with van der Waals surface area (Å²) >= 11 is 0. The standard InChI is InChI=1S/C27H22N8O9S2/c1-17-5-12-22(13-6-17)45(41,42)32-20-3-2-4-23(15-20)46(43,44)31-19-9-7-18(8-10-19)28-29-27(36)33-25-14-11-21(34(37)38)16-24(25)26(30-33)35(39)40/h2-16,28,31-32H,1H3,(H,29,36). The Hall–Kier alpha value is -6.08. The number of non-ortho nitro benzene ring substituents is 1. The second-order valence-electron chi connectivity index (χ2n) is 9.64. The van der Waals surface area contributed by atoms with Crippen LogP contribution < -0.4 is 20.3 Å². The normalized spacial score (nSPS) is 11.5. The van der Waals surface area contributed by atoms with Crippen LogP contribution in [0.2, 0.25) is 0 Å². The molecule has 0 aliphatic heterocycles. The van der Waals surface area contributed by atoms with E-state index < -0.39 is 47.4 Å². The number of hydrogen-bond acceptors (Lipinski definition) is 11. The van der Waals surface area contributed by atoms with Crippen LogP contribution in [-0.4, -0.2) is 42.5 Å². The van der Waals surface area contributed by atoms with E-state index in [-0.39, 0.29) is 37.8 Å². The number of aryl methyl sites for hydroxylation is 1. The van der Waals surface area contributed by atoms with Crippen molar-refractivity contribution in [1.29, 1.82) is 0 Å². The van der Waals surface area contributed by atoms with E-state index in [9.17, 15) is 41.9 Å². The number of hydrazine groups is 1. The molecule has 46 heavy (non-hydrogen) atoms. The van der Waals surface area contributed by atoms with Crippen LogP contribution in [0.15, 0.2) is 101 Å². The van der Waals surface area contributed by atoms with Crippen LogP contribution in [0.1, 0.15) is 5.56 Å². The number of sulfonamides is 2. The van der Waals surface area contributed by atoms with Crippen molar-refractivity contribution in [3.05, 3.63) is 117 Å². The summed E-state index contributed by atoms with van der Waals surface area (Å²) in [5, 5.41) is 25.9. The van der Waals surface area contributed by atoms with Gasteiger partial charge in [0.2, 0.25) is 0 Å². The zero-order valence-electron chi connectivity index (χ0n) is 23.4. The third-order valence-electron chi connectivity index (χ3n) is 6.40. The van der Waals surface area contributed by atoms with Gasteiger partial charge in [-0.05, 0) is 72.5 Å². The van der Waals surface area contributed by atoms with Gasteiger partial charge in [-0.3, -0.25) is 25.0 Å². The summed E-state index contributed by atoms with van der Waals surface area (Å²) in [5.41, 5.74) is 5.72. The highest BCUT2D eigenvalue weighted by molar-refractivity contribution is 7.93. The molecule has 1 aromatic heterocycles. The minimum atomic E-state index is -4.15. The summed E-state index contributed by atoms with van der Waals surface area (Å²) in [6.45, 7) is 1.81. The maximum atomic E-state index is 13.0. The topological polar surface area (TPSA) is 238 Å². The van der Waals surface area contributed by atoms with Crippen LogP contribution in [0.3, 0.4) is 0 Å². The number of anilines is 3. The van der Waals surface area contributed by atoms with Gasteiger partial charge in [0.05, 0.1) is 31.2 Å². The number of carbonyl (C=O) groups is 1. The highest BCUT2D eigenvalue weighted by Gasteiger charge is 2.27. The van der Waals surface area contributed by atoms with Gasteiger partial charge in [0, 0.05) is 17.8 Å². The van der Waals surface area contributed by atoms with Crippen molar-refractivity contribution in [2.45, 2.75) is 16.7 Å². The summed E-state index contributed by atoms with van der Waals surface area (Å²) in [7, 11) is -8.12. The average Bonchev–Trinajstić information content (AvgIpc) is 3.40. The number of rotatable bonds is 10. The first kappa shape index (κ1) is 31.3. The smallest absolute Gasteiger partial charge is 0.358 e. The second-order valence-corrected chi connectivity index (χ2v) is 13.0. The Morgan fingerprint density at radius 2 is 1.37 bits per heavy atom. The molecular weight excluding hydrogens is 644 g/mol. The van der Waals surface area contributed by atoms with Crippen LogP contribution in [0.25, 0.3) is 10.9 Å². The highest BCUT2D eigenvalue weighted by Crippen LogP contribution is 2.29. The predicted octanol–water partition coefficient (Wildman–Crippen LogP) is 4.35. The minimum absolute atomic E-state index is 0.0138. The lowest BCUT2D eigenvalue weighted by molar-refractivity contribution is -0.388. The Labute approximate surface area is 260 Å². The lowest BCUT2D eigenvalue weighted by Crippen LogP contribution is -2.34. The number of nitro groups is 2. The predicted molar refractivity (Wildman–Crippen MR) is 166 cm³/mol. The Balaban J connectivity index is 1.25. The van der Waals surface area contributed by atoms with Crippen molar-refractivity contribution >= 4 is 65.5 Å². The van der Waals surface area contributed by atoms with Gasteiger partial charge >= 0.3 is 11.8 Å². The summed E-state index contributed by atoms with van der Waals surface area (Å²) in [4.78, 5) is 33.4. The van der Waals surface area contributed by atoms with Crippen molar-refractivity contribution in [2.75, 3.05) is 14.9 Å². The minimum Gasteiger partial charge on any atom is -0.358 e. The SMILES string of the molecule is Cc1ccc(S(=O)(=O)Nc2cccc(S(=O)(=O)Nc3ccc(NNC(=O)n4nc([N+](=O)[O-])c5cc([N+](=O)[O-])ccc54)cc3)c2)cc1. The zero-order valence-corrected chi connectivity index (χ0v) is 25.1. The maximum absolute atomic E-state index is 13.0. The zero-order chi connectivity index (χ0) is 33.2. The molecule has 5 rings (SSSR count). The molecule has 0 unspecified atom stereocenters. The molecule has 5 aromatic rings. The van der Waals surface area contributed by atoms with Crippen molar-refractivity contribution in [2.24, 2.45) is 0 Å². The molecule has 0 radical (unpaired) electrons. The van der Waals surface area contributed by atoms with Crippen molar-refractivity contribution in [3.63, 3.8) is 0 Å². The molecule has 1 amide bonds. The van der Waals surface area contributed by atoms with Gasteiger partial charge in [0.1, 0.15) is 10.9 Å². The lowest BCUT2D eigenvalue weighted by atomic mass is 10.2. The van der Waals surface area contributed by atoms with Gasteiger partial charge in [-0.2, -0.15) is 0 Å². The van der Waals surface area contributed by atoms with E-state index in [1.807, 2.05) is 6.92 Å². The fourth-order valence-corrected chi connectivity index (χ4v) is 6.32. The van der Waals surface area contributed by atoms with Crippen molar-refractivity contribution in [1.82, 2.24) is 15.2 Å². The summed E-state index contributed by atoms with van der Waals surface area (Å²) in [6.07, 6.45) is 0. The van der Waals surface area contributed by atoms with Gasteiger partial charge < -0.3 is 10.1 Å². The molecule has 4 N–H and O–H groups in total. The molecular formula is C27H22N8O9S2. The number of nitrogens with zero attached hydrogens (tertiary/aromatic N) is 4. The van der Waals surface area contributed by atoms with E-state index in [4.69, 9.17) is 0 Å². The fraction of sp³-hybridized carbons (Fsp3) is 0.0370. The van der Waals surface area contributed by atoms with Crippen LogP contribution in [0, 0.1) is 27.2 Å². The molecule has 0 aliphatic carbocycles. The van der Waals surface area contributed by atoms with Gasteiger partial charge in [-0.25, -0.2) is 27.1 Å². The molecule has 0 aliphatic rings. The first-order valence-corrected chi connectivity index (χ1v) is 15.9. The van der Waals surface area contributed by atoms with Gasteiger partial charge in [-0.15, -0.1) is 0 Å². The van der Waals surface area contributed by atoms with E-state index in [1.165, 1.54) is 60.7 Å².